The lowest BCUT2D eigenvalue weighted by Gasteiger charge is -2.08. The van der Waals surface area contributed by atoms with Gasteiger partial charge in [-0.3, -0.25) is 0 Å². The van der Waals surface area contributed by atoms with Crippen molar-refractivity contribution in [3.05, 3.63) is 0 Å². The molecule has 2 N–H and O–H groups in total. The first kappa shape index (κ1) is 9.95. The molecule has 1 rings (SSSR count). The first-order chi connectivity index (χ1) is 5.64. The van der Waals surface area contributed by atoms with Crippen molar-refractivity contribution < 1.29 is 8.42 Å². The Labute approximate surface area is 73.8 Å². The molecule has 1 fully saturated rings. The lowest BCUT2D eigenvalue weighted by atomic mass is 10.1. The smallest absolute Gasteiger partial charge is 0.211 e. The molecule has 0 amide bonds. The largest absolute Gasteiger partial charge is 0.316 e. The molecule has 1 aliphatic heterocycles. The van der Waals surface area contributed by atoms with Gasteiger partial charge in [0.25, 0.3) is 0 Å². The van der Waals surface area contributed by atoms with Crippen molar-refractivity contribution in [2.45, 2.75) is 13.3 Å². The van der Waals surface area contributed by atoms with Gasteiger partial charge in [-0.1, -0.05) is 0 Å². The summed E-state index contributed by atoms with van der Waals surface area (Å²) in [4.78, 5) is 0. The Morgan fingerprint density at radius 2 is 2.33 bits per heavy atom. The zero-order valence-corrected chi connectivity index (χ0v) is 8.15. The Kier molecular flexibility index (Phi) is 3.49. The van der Waals surface area contributed by atoms with Gasteiger partial charge in [-0.05, 0) is 32.4 Å². The summed E-state index contributed by atoms with van der Waals surface area (Å²) in [6, 6.07) is 0. The standard InChI is InChI=1S/C7H16N2O2S/c1-2-12(10,11)9-6-7-3-4-8-5-7/h7-9H,2-6H2,1H3. The van der Waals surface area contributed by atoms with Crippen LogP contribution in [-0.4, -0.2) is 33.8 Å². The summed E-state index contributed by atoms with van der Waals surface area (Å²) in [6.07, 6.45) is 1.08. The van der Waals surface area contributed by atoms with Crippen LogP contribution >= 0.6 is 0 Å². The molecule has 0 bridgehead atoms. The maximum atomic E-state index is 11.0. The quantitative estimate of drug-likeness (QED) is 0.633. The summed E-state index contributed by atoms with van der Waals surface area (Å²) >= 11 is 0. The van der Waals surface area contributed by atoms with Crippen LogP contribution in [0.4, 0.5) is 0 Å². The average Bonchev–Trinajstić information content (AvgIpc) is 2.53. The molecule has 5 heteroatoms. The van der Waals surface area contributed by atoms with Gasteiger partial charge < -0.3 is 5.32 Å². The van der Waals surface area contributed by atoms with Crippen molar-refractivity contribution in [3.63, 3.8) is 0 Å². The zero-order chi connectivity index (χ0) is 9.03. The van der Waals surface area contributed by atoms with E-state index in [4.69, 9.17) is 0 Å². The molecule has 0 aromatic rings. The summed E-state index contributed by atoms with van der Waals surface area (Å²) in [5, 5.41) is 3.19. The molecule has 0 radical (unpaired) electrons. The molecule has 72 valence electrons. The highest BCUT2D eigenvalue weighted by atomic mass is 32.2. The third kappa shape index (κ3) is 3.08. The Morgan fingerprint density at radius 1 is 1.58 bits per heavy atom. The molecule has 4 nitrogen and oxygen atoms in total. The summed E-state index contributed by atoms with van der Waals surface area (Å²) in [5.74, 6) is 0.652. The number of hydrogen-bond donors (Lipinski definition) is 2. The first-order valence-corrected chi connectivity index (χ1v) is 5.97. The van der Waals surface area contributed by atoms with E-state index in [0.717, 1.165) is 19.5 Å². The SMILES string of the molecule is CCS(=O)(=O)NCC1CCNC1. The number of nitrogens with one attached hydrogen (secondary N) is 2. The van der Waals surface area contributed by atoms with Crippen LogP contribution in [0, 0.1) is 5.92 Å². The van der Waals surface area contributed by atoms with Gasteiger partial charge in [-0.25, -0.2) is 13.1 Å². The number of sulfonamides is 1. The Hall–Kier alpha value is -0.130. The minimum absolute atomic E-state index is 0.174. The van der Waals surface area contributed by atoms with E-state index in [1.54, 1.807) is 6.92 Å². The van der Waals surface area contributed by atoms with E-state index in [-0.39, 0.29) is 5.75 Å². The van der Waals surface area contributed by atoms with Crippen LogP contribution in [-0.2, 0) is 10.0 Å². The normalized spacial score (nSPS) is 24.6. The van der Waals surface area contributed by atoms with Crippen molar-refractivity contribution in [2.24, 2.45) is 5.92 Å². The van der Waals surface area contributed by atoms with Crippen LogP contribution in [0.3, 0.4) is 0 Å². The molecule has 1 aliphatic rings. The second-order valence-electron chi connectivity index (χ2n) is 3.11. The predicted octanol–water partition coefficient (Wildman–Crippen LogP) is -0.465. The topological polar surface area (TPSA) is 58.2 Å². The van der Waals surface area contributed by atoms with Crippen molar-refractivity contribution in [1.82, 2.24) is 10.0 Å². The van der Waals surface area contributed by atoms with Crippen LogP contribution < -0.4 is 10.0 Å². The Balaban J connectivity index is 2.25. The van der Waals surface area contributed by atoms with Crippen LogP contribution in [0.5, 0.6) is 0 Å². The molecule has 12 heavy (non-hydrogen) atoms. The molecule has 0 aromatic carbocycles. The fourth-order valence-corrected chi connectivity index (χ4v) is 1.93. The van der Waals surface area contributed by atoms with Crippen LogP contribution in [0.2, 0.25) is 0 Å². The highest BCUT2D eigenvalue weighted by Gasteiger charge is 2.16. The molecule has 1 saturated heterocycles. The molecule has 1 atom stereocenters. The molecule has 1 heterocycles. The van der Waals surface area contributed by atoms with E-state index in [9.17, 15) is 8.42 Å². The van der Waals surface area contributed by atoms with Gasteiger partial charge in [0.2, 0.25) is 10.0 Å². The average molecular weight is 192 g/mol. The fraction of sp³-hybridized carbons (Fsp3) is 1.00. The van der Waals surface area contributed by atoms with E-state index in [1.807, 2.05) is 0 Å². The van der Waals surface area contributed by atoms with Gasteiger partial charge in [0.05, 0.1) is 5.75 Å². The zero-order valence-electron chi connectivity index (χ0n) is 7.34. The number of rotatable bonds is 4. The van der Waals surface area contributed by atoms with Gasteiger partial charge in [0, 0.05) is 6.54 Å². The van der Waals surface area contributed by atoms with Gasteiger partial charge in [0.15, 0.2) is 0 Å². The summed E-state index contributed by atoms with van der Waals surface area (Å²) in [7, 11) is -2.98. The third-order valence-electron chi connectivity index (χ3n) is 2.13. The van der Waals surface area contributed by atoms with Crippen molar-refractivity contribution in [2.75, 3.05) is 25.4 Å². The molecule has 0 spiro atoms. The minimum Gasteiger partial charge on any atom is -0.316 e. The summed E-state index contributed by atoms with van der Waals surface area (Å²) < 4.78 is 24.6. The van der Waals surface area contributed by atoms with E-state index < -0.39 is 10.0 Å². The van der Waals surface area contributed by atoms with Crippen LogP contribution in [0.1, 0.15) is 13.3 Å². The minimum atomic E-state index is -2.98. The maximum absolute atomic E-state index is 11.0. The summed E-state index contributed by atoms with van der Waals surface area (Å²) in [5.41, 5.74) is 0. The molecule has 0 aromatic heterocycles. The third-order valence-corrected chi connectivity index (χ3v) is 3.50. The van der Waals surface area contributed by atoms with E-state index in [1.165, 1.54) is 0 Å². The highest BCUT2D eigenvalue weighted by Crippen LogP contribution is 2.05. The first-order valence-electron chi connectivity index (χ1n) is 4.32. The molecule has 0 saturated carbocycles. The maximum Gasteiger partial charge on any atom is 0.211 e. The molecule has 1 unspecified atom stereocenters. The van der Waals surface area contributed by atoms with Crippen molar-refractivity contribution in [3.8, 4) is 0 Å². The lowest BCUT2D eigenvalue weighted by Crippen LogP contribution is -2.31. The highest BCUT2D eigenvalue weighted by molar-refractivity contribution is 7.89. The van der Waals surface area contributed by atoms with Gasteiger partial charge in [-0.15, -0.1) is 0 Å². The lowest BCUT2D eigenvalue weighted by molar-refractivity contribution is 0.539. The van der Waals surface area contributed by atoms with Gasteiger partial charge >= 0.3 is 0 Å². The predicted molar refractivity (Wildman–Crippen MR) is 48.4 cm³/mol. The van der Waals surface area contributed by atoms with Crippen LogP contribution in [0.15, 0.2) is 0 Å². The second-order valence-corrected chi connectivity index (χ2v) is 5.21. The monoisotopic (exact) mass is 192 g/mol. The van der Waals surface area contributed by atoms with E-state index in [2.05, 4.69) is 10.0 Å². The summed E-state index contributed by atoms with van der Waals surface area (Å²) in [6.45, 7) is 4.18. The Bertz CT molecular complexity index is 220. The van der Waals surface area contributed by atoms with E-state index in [0.29, 0.717) is 12.5 Å². The molecule has 0 aliphatic carbocycles. The second kappa shape index (κ2) is 4.20. The molecular weight excluding hydrogens is 176 g/mol. The van der Waals surface area contributed by atoms with Crippen LogP contribution in [0.25, 0.3) is 0 Å². The van der Waals surface area contributed by atoms with Crippen molar-refractivity contribution >= 4 is 10.0 Å². The van der Waals surface area contributed by atoms with Gasteiger partial charge in [-0.2, -0.15) is 0 Å². The van der Waals surface area contributed by atoms with Crippen molar-refractivity contribution in [1.29, 1.82) is 0 Å². The van der Waals surface area contributed by atoms with Gasteiger partial charge in [0.1, 0.15) is 0 Å². The molecular formula is C7H16N2O2S. The number of hydrogen-bond acceptors (Lipinski definition) is 3. The fourth-order valence-electron chi connectivity index (χ4n) is 1.24. The Morgan fingerprint density at radius 3 is 2.83 bits per heavy atom. The van der Waals surface area contributed by atoms with E-state index >= 15 is 0 Å².